The molecule has 0 atom stereocenters. The molecule has 0 bridgehead atoms. The van der Waals surface area contributed by atoms with E-state index in [-0.39, 0.29) is 11.9 Å². The molecule has 1 aliphatic rings. The Labute approximate surface area is 134 Å². The van der Waals surface area contributed by atoms with Crippen molar-refractivity contribution in [2.45, 2.75) is 84.5 Å². The number of carbonyl (C=O) groups is 2. The minimum absolute atomic E-state index is 0.0753. The molecule has 0 aromatic carbocycles. The number of allylic oxidation sites excluding steroid dienone is 2. The smallest absolute Gasteiger partial charge is 0.307 e. The van der Waals surface area contributed by atoms with E-state index in [4.69, 9.17) is 9.47 Å². The van der Waals surface area contributed by atoms with Crippen molar-refractivity contribution in [1.29, 1.82) is 0 Å². The third-order valence-corrected chi connectivity index (χ3v) is 3.96. The van der Waals surface area contributed by atoms with Gasteiger partial charge in [0.05, 0.1) is 6.61 Å². The summed E-state index contributed by atoms with van der Waals surface area (Å²) in [5.74, 6) is 0.659. The molecule has 0 aliphatic heterocycles. The van der Waals surface area contributed by atoms with Gasteiger partial charge >= 0.3 is 11.9 Å². The number of esters is 2. The molecule has 0 unspecified atom stereocenters. The van der Waals surface area contributed by atoms with Gasteiger partial charge in [0.15, 0.2) is 0 Å². The highest BCUT2D eigenvalue weighted by molar-refractivity contribution is 5.69. The van der Waals surface area contributed by atoms with Crippen LogP contribution in [0.25, 0.3) is 0 Å². The lowest BCUT2D eigenvalue weighted by Crippen LogP contribution is -2.03. The van der Waals surface area contributed by atoms with Crippen LogP contribution < -0.4 is 0 Å². The predicted octanol–water partition coefficient (Wildman–Crippen LogP) is 4.67. The summed E-state index contributed by atoms with van der Waals surface area (Å²) in [5, 5.41) is 0. The zero-order chi connectivity index (χ0) is 16.2. The van der Waals surface area contributed by atoms with Gasteiger partial charge in [-0.3, -0.25) is 9.59 Å². The van der Waals surface area contributed by atoms with E-state index in [0.717, 1.165) is 50.7 Å². The SMILES string of the molecule is CCOC(=O)CCCCCCCCC1=C(OC(C)=O)CCC1. The van der Waals surface area contributed by atoms with Gasteiger partial charge in [-0.15, -0.1) is 0 Å². The Morgan fingerprint density at radius 2 is 1.68 bits per heavy atom. The maximum Gasteiger partial charge on any atom is 0.307 e. The van der Waals surface area contributed by atoms with Crippen LogP contribution in [0.2, 0.25) is 0 Å². The first-order valence-electron chi connectivity index (χ1n) is 8.68. The first-order valence-corrected chi connectivity index (χ1v) is 8.68. The van der Waals surface area contributed by atoms with Crippen LogP contribution in [0, 0.1) is 0 Å². The van der Waals surface area contributed by atoms with Crippen molar-refractivity contribution in [3.05, 3.63) is 11.3 Å². The summed E-state index contributed by atoms with van der Waals surface area (Å²) >= 11 is 0. The Morgan fingerprint density at radius 1 is 1.00 bits per heavy atom. The molecule has 1 rings (SSSR count). The standard InChI is InChI=1S/C18H30O4/c1-3-21-18(20)14-9-7-5-4-6-8-11-16-12-10-13-17(16)22-15(2)19/h3-14H2,1-2H3. The maximum absolute atomic E-state index is 11.2. The highest BCUT2D eigenvalue weighted by atomic mass is 16.5. The molecule has 0 amide bonds. The number of rotatable bonds is 11. The van der Waals surface area contributed by atoms with Gasteiger partial charge in [-0.1, -0.05) is 25.7 Å². The third kappa shape index (κ3) is 8.20. The monoisotopic (exact) mass is 310 g/mol. The summed E-state index contributed by atoms with van der Waals surface area (Å²) in [5.41, 5.74) is 1.34. The van der Waals surface area contributed by atoms with Crippen molar-refractivity contribution in [3.63, 3.8) is 0 Å². The van der Waals surface area contributed by atoms with Crippen LogP contribution in [0.3, 0.4) is 0 Å². The summed E-state index contributed by atoms with van der Waals surface area (Å²) in [4.78, 5) is 22.2. The fraction of sp³-hybridized carbons (Fsp3) is 0.778. The lowest BCUT2D eigenvalue weighted by Gasteiger charge is -2.07. The molecule has 0 spiro atoms. The molecule has 1 aliphatic carbocycles. The maximum atomic E-state index is 11.2. The van der Waals surface area contributed by atoms with Crippen LogP contribution in [0.1, 0.15) is 84.5 Å². The lowest BCUT2D eigenvalue weighted by atomic mass is 10.0. The van der Waals surface area contributed by atoms with E-state index >= 15 is 0 Å². The van der Waals surface area contributed by atoms with Gasteiger partial charge in [0.25, 0.3) is 0 Å². The van der Waals surface area contributed by atoms with Crippen LogP contribution in [0.5, 0.6) is 0 Å². The van der Waals surface area contributed by atoms with Crippen molar-refractivity contribution in [1.82, 2.24) is 0 Å². The van der Waals surface area contributed by atoms with Crippen molar-refractivity contribution >= 4 is 11.9 Å². The zero-order valence-corrected chi connectivity index (χ0v) is 14.1. The van der Waals surface area contributed by atoms with Crippen LogP contribution >= 0.6 is 0 Å². The number of carbonyl (C=O) groups excluding carboxylic acids is 2. The summed E-state index contributed by atoms with van der Waals surface area (Å²) < 4.78 is 10.2. The molecule has 4 nitrogen and oxygen atoms in total. The Kier molecular flexibility index (Phi) is 9.60. The fourth-order valence-corrected chi connectivity index (χ4v) is 2.89. The van der Waals surface area contributed by atoms with Gasteiger partial charge in [0.2, 0.25) is 0 Å². The first-order chi connectivity index (χ1) is 10.6. The van der Waals surface area contributed by atoms with Crippen LogP contribution in [0.4, 0.5) is 0 Å². The van der Waals surface area contributed by atoms with Gasteiger partial charge in [0.1, 0.15) is 5.76 Å². The molecular weight excluding hydrogens is 280 g/mol. The quantitative estimate of drug-likeness (QED) is 0.411. The second kappa shape index (κ2) is 11.3. The lowest BCUT2D eigenvalue weighted by molar-refractivity contribution is -0.143. The van der Waals surface area contributed by atoms with E-state index in [2.05, 4.69) is 0 Å². The molecule has 0 aromatic rings. The first kappa shape index (κ1) is 18.7. The second-order valence-corrected chi connectivity index (χ2v) is 5.90. The fourth-order valence-electron chi connectivity index (χ4n) is 2.89. The molecule has 0 aromatic heterocycles. The van der Waals surface area contributed by atoms with Gasteiger partial charge in [-0.05, 0) is 44.6 Å². The molecule has 22 heavy (non-hydrogen) atoms. The largest absolute Gasteiger partial charge is 0.466 e. The average molecular weight is 310 g/mol. The molecule has 0 N–H and O–H groups in total. The summed E-state index contributed by atoms with van der Waals surface area (Å²) in [6, 6.07) is 0. The van der Waals surface area contributed by atoms with Gasteiger partial charge in [-0.25, -0.2) is 0 Å². The Hall–Kier alpha value is -1.32. The number of unbranched alkanes of at least 4 members (excludes halogenated alkanes) is 5. The molecule has 0 saturated carbocycles. The van der Waals surface area contributed by atoms with Gasteiger partial charge in [0, 0.05) is 19.8 Å². The Morgan fingerprint density at radius 3 is 2.36 bits per heavy atom. The predicted molar refractivity (Wildman–Crippen MR) is 86.2 cm³/mol. The summed E-state index contributed by atoms with van der Waals surface area (Å²) in [7, 11) is 0. The molecule has 0 radical (unpaired) electrons. The van der Waals surface area contributed by atoms with E-state index in [1.807, 2.05) is 6.92 Å². The Balaban J connectivity index is 2.01. The van der Waals surface area contributed by atoms with E-state index in [9.17, 15) is 9.59 Å². The minimum atomic E-state index is -0.198. The van der Waals surface area contributed by atoms with Gasteiger partial charge < -0.3 is 9.47 Å². The minimum Gasteiger partial charge on any atom is -0.466 e. The second-order valence-electron chi connectivity index (χ2n) is 5.90. The van der Waals surface area contributed by atoms with Crippen molar-refractivity contribution < 1.29 is 19.1 Å². The van der Waals surface area contributed by atoms with E-state index in [1.165, 1.54) is 31.8 Å². The van der Waals surface area contributed by atoms with Crippen LogP contribution in [-0.2, 0) is 19.1 Å². The molecule has 0 fully saturated rings. The topological polar surface area (TPSA) is 52.6 Å². The molecular formula is C18H30O4. The average Bonchev–Trinajstić information content (AvgIpc) is 2.88. The van der Waals surface area contributed by atoms with Crippen LogP contribution in [0.15, 0.2) is 11.3 Å². The van der Waals surface area contributed by atoms with Crippen LogP contribution in [-0.4, -0.2) is 18.5 Å². The number of ether oxygens (including phenoxy) is 2. The number of hydrogen-bond acceptors (Lipinski definition) is 4. The van der Waals surface area contributed by atoms with Gasteiger partial charge in [-0.2, -0.15) is 0 Å². The normalized spacial score (nSPS) is 14.3. The van der Waals surface area contributed by atoms with E-state index < -0.39 is 0 Å². The van der Waals surface area contributed by atoms with E-state index in [1.54, 1.807) is 0 Å². The molecule has 0 saturated heterocycles. The third-order valence-electron chi connectivity index (χ3n) is 3.96. The van der Waals surface area contributed by atoms with E-state index in [0.29, 0.717) is 13.0 Å². The zero-order valence-electron chi connectivity index (χ0n) is 14.1. The summed E-state index contributed by atoms with van der Waals surface area (Å²) in [6.45, 7) is 3.79. The molecule has 0 heterocycles. The Bertz CT molecular complexity index is 385. The van der Waals surface area contributed by atoms with Crippen molar-refractivity contribution in [2.24, 2.45) is 0 Å². The highest BCUT2D eigenvalue weighted by Crippen LogP contribution is 2.30. The number of hydrogen-bond donors (Lipinski definition) is 0. The van der Waals surface area contributed by atoms with Crippen molar-refractivity contribution in [2.75, 3.05) is 6.61 Å². The summed E-state index contributed by atoms with van der Waals surface area (Å²) in [6.07, 6.45) is 11.5. The molecule has 126 valence electrons. The highest BCUT2D eigenvalue weighted by Gasteiger charge is 2.16. The van der Waals surface area contributed by atoms with Crippen molar-refractivity contribution in [3.8, 4) is 0 Å². The molecule has 4 heteroatoms.